The molecule has 3 nitrogen and oxygen atoms in total. The summed E-state index contributed by atoms with van der Waals surface area (Å²) in [5.74, 6) is 0.931. The molecule has 2 heterocycles. The molecule has 0 radical (unpaired) electrons. The first-order valence-corrected chi connectivity index (χ1v) is 5.34. The minimum atomic E-state index is 0.235. The van der Waals surface area contributed by atoms with Crippen molar-refractivity contribution < 1.29 is 9.52 Å². The number of benzene rings is 1. The number of hydrogen-bond acceptors (Lipinski definition) is 4. The number of thiazole rings is 1. The molecule has 15 heavy (non-hydrogen) atoms. The number of nitrogens with zero attached hydrogens (tertiary/aromatic N) is 1. The summed E-state index contributed by atoms with van der Waals surface area (Å²) in [6.45, 7) is 0. The van der Waals surface area contributed by atoms with Crippen molar-refractivity contribution in [2.24, 2.45) is 0 Å². The molecule has 0 saturated carbocycles. The van der Waals surface area contributed by atoms with Crippen LogP contribution in [-0.4, -0.2) is 10.1 Å². The topological polar surface area (TPSA) is 46.3 Å². The van der Waals surface area contributed by atoms with Gasteiger partial charge in [-0.2, -0.15) is 0 Å². The van der Waals surface area contributed by atoms with Gasteiger partial charge in [-0.1, -0.05) is 6.07 Å². The Hall–Kier alpha value is -1.81. The van der Waals surface area contributed by atoms with E-state index in [4.69, 9.17) is 4.42 Å². The number of aromatic hydroxyl groups is 1. The minimum absolute atomic E-state index is 0.235. The SMILES string of the molecule is Oc1cccc2oc(-c3nccs3)cc12. The van der Waals surface area contributed by atoms with E-state index in [0.717, 1.165) is 10.4 Å². The lowest BCUT2D eigenvalue weighted by Gasteiger charge is -1.89. The maximum Gasteiger partial charge on any atom is 0.164 e. The van der Waals surface area contributed by atoms with E-state index in [1.165, 1.54) is 11.3 Å². The van der Waals surface area contributed by atoms with Gasteiger partial charge in [-0.25, -0.2) is 4.98 Å². The Morgan fingerprint density at radius 2 is 2.27 bits per heavy atom. The second-order valence-corrected chi connectivity index (χ2v) is 4.03. The molecular formula is C11H7NO2S. The molecule has 0 aliphatic heterocycles. The molecule has 2 aromatic heterocycles. The maximum atomic E-state index is 9.61. The molecule has 3 aromatic rings. The second-order valence-electron chi connectivity index (χ2n) is 3.14. The highest BCUT2D eigenvalue weighted by Gasteiger charge is 2.10. The van der Waals surface area contributed by atoms with Crippen molar-refractivity contribution in [1.82, 2.24) is 4.98 Å². The van der Waals surface area contributed by atoms with Gasteiger partial charge in [0.1, 0.15) is 11.3 Å². The van der Waals surface area contributed by atoms with Crippen LogP contribution in [0.4, 0.5) is 0 Å². The molecule has 0 saturated heterocycles. The number of phenols is 1. The van der Waals surface area contributed by atoms with Crippen LogP contribution in [0.3, 0.4) is 0 Å². The lowest BCUT2D eigenvalue weighted by molar-refractivity contribution is 0.481. The normalized spacial score (nSPS) is 10.9. The van der Waals surface area contributed by atoms with Crippen LogP contribution in [0.25, 0.3) is 21.7 Å². The van der Waals surface area contributed by atoms with E-state index in [-0.39, 0.29) is 5.75 Å². The lowest BCUT2D eigenvalue weighted by atomic mass is 10.2. The Kier molecular flexibility index (Phi) is 1.76. The molecule has 0 aliphatic rings. The number of phenolic OH excluding ortho intramolecular Hbond substituents is 1. The van der Waals surface area contributed by atoms with Crippen LogP contribution in [0, 0.1) is 0 Å². The molecule has 3 rings (SSSR count). The predicted molar refractivity (Wildman–Crippen MR) is 59.0 cm³/mol. The summed E-state index contributed by atoms with van der Waals surface area (Å²) in [5.41, 5.74) is 0.681. The van der Waals surface area contributed by atoms with Crippen LogP contribution in [0.5, 0.6) is 5.75 Å². The first-order valence-electron chi connectivity index (χ1n) is 4.46. The fourth-order valence-corrected chi connectivity index (χ4v) is 2.09. The van der Waals surface area contributed by atoms with Gasteiger partial charge in [0.05, 0.1) is 5.39 Å². The Bertz CT molecular complexity index is 598. The fraction of sp³-hybridized carbons (Fsp3) is 0. The summed E-state index contributed by atoms with van der Waals surface area (Å²) in [7, 11) is 0. The van der Waals surface area contributed by atoms with Gasteiger partial charge in [0.2, 0.25) is 0 Å². The third-order valence-corrected chi connectivity index (χ3v) is 2.97. The molecular weight excluding hydrogens is 210 g/mol. The largest absolute Gasteiger partial charge is 0.507 e. The van der Waals surface area contributed by atoms with E-state index in [1.807, 2.05) is 17.5 Å². The van der Waals surface area contributed by atoms with E-state index in [2.05, 4.69) is 4.98 Å². The van der Waals surface area contributed by atoms with Crippen molar-refractivity contribution in [2.75, 3.05) is 0 Å². The average Bonchev–Trinajstić information content (AvgIpc) is 2.86. The molecule has 0 fully saturated rings. The number of fused-ring (bicyclic) bond motifs is 1. The van der Waals surface area contributed by atoms with Crippen molar-refractivity contribution in [3.05, 3.63) is 35.8 Å². The van der Waals surface area contributed by atoms with Gasteiger partial charge in [0.25, 0.3) is 0 Å². The van der Waals surface area contributed by atoms with Gasteiger partial charge in [-0.15, -0.1) is 11.3 Å². The van der Waals surface area contributed by atoms with Gasteiger partial charge < -0.3 is 9.52 Å². The van der Waals surface area contributed by atoms with Gasteiger partial charge >= 0.3 is 0 Å². The second kappa shape index (κ2) is 3.10. The third kappa shape index (κ3) is 1.30. The summed E-state index contributed by atoms with van der Waals surface area (Å²) in [6.07, 6.45) is 1.73. The van der Waals surface area contributed by atoms with Crippen LogP contribution in [0.15, 0.2) is 40.3 Å². The van der Waals surface area contributed by atoms with Crippen LogP contribution < -0.4 is 0 Å². The van der Waals surface area contributed by atoms with Crippen molar-refractivity contribution in [3.8, 4) is 16.5 Å². The first-order chi connectivity index (χ1) is 7.34. The molecule has 0 unspecified atom stereocenters. The van der Waals surface area contributed by atoms with E-state index in [9.17, 15) is 5.11 Å². The van der Waals surface area contributed by atoms with Crippen molar-refractivity contribution in [1.29, 1.82) is 0 Å². The first kappa shape index (κ1) is 8.49. The number of hydrogen-bond donors (Lipinski definition) is 1. The smallest absolute Gasteiger partial charge is 0.164 e. The zero-order valence-electron chi connectivity index (χ0n) is 7.68. The standard InChI is InChI=1S/C11H7NO2S/c13-8-2-1-3-9-7(8)6-10(14-9)11-12-4-5-15-11/h1-6,13H. The monoisotopic (exact) mass is 217 g/mol. The Morgan fingerprint density at radius 3 is 3.00 bits per heavy atom. The van der Waals surface area contributed by atoms with Crippen molar-refractivity contribution in [3.63, 3.8) is 0 Å². The number of furan rings is 1. The average molecular weight is 217 g/mol. The molecule has 0 bridgehead atoms. The third-order valence-electron chi connectivity index (χ3n) is 2.18. The quantitative estimate of drug-likeness (QED) is 0.680. The van der Waals surface area contributed by atoms with Crippen LogP contribution in [0.1, 0.15) is 0 Å². The molecule has 0 atom stereocenters. The van der Waals surface area contributed by atoms with Gasteiger partial charge in [0.15, 0.2) is 10.8 Å². The minimum Gasteiger partial charge on any atom is -0.507 e. The van der Waals surface area contributed by atoms with Crippen LogP contribution >= 0.6 is 11.3 Å². The Morgan fingerprint density at radius 1 is 1.33 bits per heavy atom. The van der Waals surface area contributed by atoms with Gasteiger partial charge in [-0.05, 0) is 18.2 Å². The molecule has 0 aliphatic carbocycles. The molecule has 1 aromatic carbocycles. The van der Waals surface area contributed by atoms with Crippen LogP contribution in [0.2, 0.25) is 0 Å². The molecule has 4 heteroatoms. The fourth-order valence-electron chi connectivity index (χ4n) is 1.50. The van der Waals surface area contributed by atoms with E-state index >= 15 is 0 Å². The van der Waals surface area contributed by atoms with Crippen molar-refractivity contribution in [2.45, 2.75) is 0 Å². The van der Waals surface area contributed by atoms with Gasteiger partial charge in [-0.3, -0.25) is 0 Å². The summed E-state index contributed by atoms with van der Waals surface area (Å²) in [6, 6.07) is 7.03. The number of rotatable bonds is 1. The number of aromatic nitrogens is 1. The van der Waals surface area contributed by atoms with E-state index < -0.39 is 0 Å². The van der Waals surface area contributed by atoms with Gasteiger partial charge in [0, 0.05) is 11.6 Å². The summed E-state index contributed by atoms with van der Waals surface area (Å²) < 4.78 is 5.58. The highest BCUT2D eigenvalue weighted by molar-refractivity contribution is 7.13. The molecule has 0 spiro atoms. The molecule has 0 amide bonds. The Labute approximate surface area is 89.6 Å². The van der Waals surface area contributed by atoms with E-state index in [0.29, 0.717) is 11.3 Å². The predicted octanol–water partition coefficient (Wildman–Crippen LogP) is 3.26. The Balaban J connectivity index is 2.27. The zero-order valence-corrected chi connectivity index (χ0v) is 8.49. The summed E-state index contributed by atoms with van der Waals surface area (Å²) in [4.78, 5) is 4.15. The van der Waals surface area contributed by atoms with Crippen LogP contribution in [-0.2, 0) is 0 Å². The summed E-state index contributed by atoms with van der Waals surface area (Å²) >= 11 is 1.51. The maximum absolute atomic E-state index is 9.61. The van der Waals surface area contributed by atoms with E-state index in [1.54, 1.807) is 18.3 Å². The zero-order chi connectivity index (χ0) is 10.3. The molecule has 74 valence electrons. The highest BCUT2D eigenvalue weighted by atomic mass is 32.1. The lowest BCUT2D eigenvalue weighted by Crippen LogP contribution is -1.66. The highest BCUT2D eigenvalue weighted by Crippen LogP contribution is 2.33. The van der Waals surface area contributed by atoms with Crippen molar-refractivity contribution >= 4 is 22.3 Å². The molecule has 1 N–H and O–H groups in total. The summed E-state index contributed by atoms with van der Waals surface area (Å²) in [5, 5.41) is 13.0.